The van der Waals surface area contributed by atoms with Gasteiger partial charge < -0.3 is 5.11 Å². The van der Waals surface area contributed by atoms with Crippen LogP contribution < -0.4 is 0 Å². The molecule has 0 aliphatic rings. The van der Waals surface area contributed by atoms with Crippen molar-refractivity contribution < 1.29 is 35.6 Å². The summed E-state index contributed by atoms with van der Waals surface area (Å²) in [5.41, 5.74) is -5.53. The number of rotatable bonds is 0. The van der Waals surface area contributed by atoms with Gasteiger partial charge in [-0.3, -0.25) is 4.55 Å². The summed E-state index contributed by atoms with van der Waals surface area (Å²) in [4.78, 5) is 0. The third-order valence-electron chi connectivity index (χ3n) is 1.12. The first-order valence-corrected chi connectivity index (χ1v) is 4.96. The van der Waals surface area contributed by atoms with E-state index in [0.29, 0.717) is 0 Å². The standard InChI is InChI=1S/C6H5FO.CHF3O3S/c7-5-1-3-6(8)4-2-5;2-1(3,4)8(5,6)7/h1-4,8H;(H,5,6,7). The number of halogens is 4. The van der Waals surface area contributed by atoms with Gasteiger partial charge in [0.15, 0.2) is 0 Å². The molecule has 0 aliphatic carbocycles. The Balaban J connectivity index is 0.000000281. The Morgan fingerprint density at radius 2 is 1.38 bits per heavy atom. The molecule has 0 amide bonds. The SMILES string of the molecule is O=S(=O)(O)C(F)(F)F.Oc1ccc(F)cc1. The maximum atomic E-state index is 12.0. The lowest BCUT2D eigenvalue weighted by atomic mass is 10.3. The summed E-state index contributed by atoms with van der Waals surface area (Å²) in [6.07, 6.45) is 0. The van der Waals surface area contributed by atoms with E-state index in [2.05, 4.69) is 0 Å². The number of phenolic OH excluding ortho intramolecular Hbond substituents is 1. The van der Waals surface area contributed by atoms with Crippen LogP contribution in [0, 0.1) is 5.82 Å². The Morgan fingerprint density at radius 1 is 1.06 bits per heavy atom. The molecule has 0 heterocycles. The molecule has 0 atom stereocenters. The van der Waals surface area contributed by atoms with Gasteiger partial charge in [-0.25, -0.2) is 4.39 Å². The minimum absolute atomic E-state index is 0.0893. The average Bonchev–Trinajstić information content (AvgIpc) is 2.08. The summed E-state index contributed by atoms with van der Waals surface area (Å²) in [5, 5.41) is 8.59. The van der Waals surface area contributed by atoms with E-state index >= 15 is 0 Å². The normalized spacial score (nSPS) is 11.6. The van der Waals surface area contributed by atoms with Crippen LogP contribution in [0.2, 0.25) is 0 Å². The zero-order valence-corrected chi connectivity index (χ0v) is 8.26. The highest BCUT2D eigenvalue weighted by Gasteiger charge is 2.44. The zero-order valence-electron chi connectivity index (χ0n) is 7.44. The molecule has 0 bridgehead atoms. The van der Waals surface area contributed by atoms with Gasteiger partial charge in [-0.15, -0.1) is 0 Å². The van der Waals surface area contributed by atoms with Crippen LogP contribution in [0.15, 0.2) is 24.3 Å². The lowest BCUT2D eigenvalue weighted by Gasteiger charge is -1.97. The summed E-state index contributed by atoms with van der Waals surface area (Å²) in [7, 11) is -5.84. The highest BCUT2D eigenvalue weighted by atomic mass is 32.2. The van der Waals surface area contributed by atoms with Crippen molar-refractivity contribution in [2.75, 3.05) is 0 Å². The molecule has 0 fully saturated rings. The fourth-order valence-electron chi connectivity index (χ4n) is 0.441. The quantitative estimate of drug-likeness (QED) is 0.425. The van der Waals surface area contributed by atoms with Crippen molar-refractivity contribution in [2.45, 2.75) is 5.51 Å². The molecule has 16 heavy (non-hydrogen) atoms. The Morgan fingerprint density at radius 3 is 1.56 bits per heavy atom. The van der Waals surface area contributed by atoms with E-state index in [1.807, 2.05) is 0 Å². The molecule has 1 aromatic carbocycles. The van der Waals surface area contributed by atoms with Gasteiger partial charge in [0.25, 0.3) is 0 Å². The number of aromatic hydroxyl groups is 1. The van der Waals surface area contributed by atoms with Gasteiger partial charge in [-0.1, -0.05) is 0 Å². The molecule has 1 aromatic rings. The summed E-state index contributed by atoms with van der Waals surface area (Å²) in [6.45, 7) is 0. The van der Waals surface area contributed by atoms with E-state index in [0.717, 1.165) is 0 Å². The molecular formula is C7H6F4O4S. The highest BCUT2D eigenvalue weighted by Crippen LogP contribution is 2.20. The van der Waals surface area contributed by atoms with Crippen LogP contribution in [0.3, 0.4) is 0 Å². The monoisotopic (exact) mass is 262 g/mol. The van der Waals surface area contributed by atoms with E-state index in [9.17, 15) is 17.6 Å². The minimum atomic E-state index is -5.84. The maximum Gasteiger partial charge on any atom is 0.522 e. The largest absolute Gasteiger partial charge is 0.522 e. The first-order valence-electron chi connectivity index (χ1n) is 3.52. The van der Waals surface area contributed by atoms with Crippen LogP contribution in [0.1, 0.15) is 0 Å². The average molecular weight is 262 g/mol. The van der Waals surface area contributed by atoms with Crippen molar-refractivity contribution in [1.82, 2.24) is 0 Å². The predicted molar refractivity (Wildman–Crippen MR) is 45.7 cm³/mol. The molecule has 9 heteroatoms. The summed E-state index contributed by atoms with van der Waals surface area (Å²) in [5.74, 6) is -0.241. The van der Waals surface area contributed by atoms with Crippen molar-refractivity contribution in [3.8, 4) is 5.75 Å². The molecule has 2 N–H and O–H groups in total. The summed E-state index contributed by atoms with van der Waals surface area (Å²) >= 11 is 0. The highest BCUT2D eigenvalue weighted by molar-refractivity contribution is 7.86. The third-order valence-corrected chi connectivity index (χ3v) is 1.70. The minimum Gasteiger partial charge on any atom is -0.508 e. The molecule has 0 saturated carbocycles. The van der Waals surface area contributed by atoms with E-state index < -0.39 is 15.6 Å². The smallest absolute Gasteiger partial charge is 0.508 e. The van der Waals surface area contributed by atoms with Crippen molar-refractivity contribution in [3.05, 3.63) is 30.1 Å². The maximum absolute atomic E-state index is 12.0. The van der Waals surface area contributed by atoms with Crippen molar-refractivity contribution in [1.29, 1.82) is 0 Å². The second kappa shape index (κ2) is 5.12. The molecule has 4 nitrogen and oxygen atoms in total. The molecule has 0 aliphatic heterocycles. The van der Waals surface area contributed by atoms with E-state index in [-0.39, 0.29) is 11.6 Å². The Bertz CT molecular complexity index is 402. The molecule has 0 unspecified atom stereocenters. The fraction of sp³-hybridized carbons (Fsp3) is 0.143. The molecule has 0 aromatic heterocycles. The lowest BCUT2D eigenvalue weighted by Crippen LogP contribution is -2.21. The van der Waals surface area contributed by atoms with Gasteiger partial charge in [0, 0.05) is 0 Å². The number of benzene rings is 1. The second-order valence-corrected chi connectivity index (χ2v) is 3.81. The third kappa shape index (κ3) is 5.51. The topological polar surface area (TPSA) is 74.6 Å². The van der Waals surface area contributed by atoms with Crippen LogP contribution >= 0.6 is 0 Å². The molecule has 0 spiro atoms. The van der Waals surface area contributed by atoms with E-state index in [4.69, 9.17) is 18.1 Å². The predicted octanol–water partition coefficient (Wildman–Crippen LogP) is 1.93. The lowest BCUT2D eigenvalue weighted by molar-refractivity contribution is -0.0510. The van der Waals surface area contributed by atoms with Crippen LogP contribution in [-0.4, -0.2) is 23.6 Å². The fourth-order valence-corrected chi connectivity index (χ4v) is 0.441. The van der Waals surface area contributed by atoms with E-state index in [1.54, 1.807) is 0 Å². The number of alkyl halides is 3. The number of hydrogen-bond acceptors (Lipinski definition) is 3. The molecule has 1 rings (SSSR count). The van der Waals surface area contributed by atoms with Crippen molar-refractivity contribution in [3.63, 3.8) is 0 Å². The van der Waals surface area contributed by atoms with E-state index in [1.165, 1.54) is 24.3 Å². The summed E-state index contributed by atoms with van der Waals surface area (Å²) in [6, 6.07) is 5.01. The van der Waals surface area contributed by atoms with Crippen LogP contribution in [0.5, 0.6) is 5.75 Å². The molecule has 0 saturated heterocycles. The first kappa shape index (κ1) is 14.6. The zero-order chi connectivity index (χ0) is 13.0. The molecule has 0 radical (unpaired) electrons. The Hall–Kier alpha value is -1.35. The van der Waals surface area contributed by atoms with Crippen LogP contribution in [-0.2, 0) is 10.1 Å². The van der Waals surface area contributed by atoms with Gasteiger partial charge in [0.2, 0.25) is 0 Å². The second-order valence-electron chi connectivity index (χ2n) is 2.40. The number of hydrogen-bond donors (Lipinski definition) is 2. The number of phenols is 1. The van der Waals surface area contributed by atoms with Crippen LogP contribution in [0.25, 0.3) is 0 Å². The van der Waals surface area contributed by atoms with Crippen molar-refractivity contribution >= 4 is 10.1 Å². The van der Waals surface area contributed by atoms with Gasteiger partial charge in [-0.2, -0.15) is 21.6 Å². The van der Waals surface area contributed by atoms with Gasteiger partial charge >= 0.3 is 15.6 Å². The van der Waals surface area contributed by atoms with Crippen LogP contribution in [0.4, 0.5) is 17.6 Å². The summed E-state index contributed by atoms with van der Waals surface area (Å²) < 4.78 is 69.5. The molecule has 92 valence electrons. The molecular weight excluding hydrogens is 256 g/mol. The van der Waals surface area contributed by atoms with Crippen molar-refractivity contribution in [2.24, 2.45) is 0 Å². The van der Waals surface area contributed by atoms with Gasteiger partial charge in [0.05, 0.1) is 0 Å². The Kier molecular flexibility index (Phi) is 4.69. The van der Waals surface area contributed by atoms with Gasteiger partial charge in [0.1, 0.15) is 11.6 Å². The van der Waals surface area contributed by atoms with Gasteiger partial charge in [-0.05, 0) is 24.3 Å². The Labute approximate surface area is 87.9 Å². The first-order chi connectivity index (χ1) is 7.04.